The number of rotatable bonds is 5. The van der Waals surface area contributed by atoms with Gasteiger partial charge in [0.25, 0.3) is 0 Å². The average molecular weight is 463 g/mol. The van der Waals surface area contributed by atoms with Crippen LogP contribution in [0, 0.1) is 5.92 Å². The summed E-state index contributed by atoms with van der Waals surface area (Å²) >= 11 is 6.21. The molecule has 2 aliphatic rings. The molecule has 1 atom stereocenters. The van der Waals surface area contributed by atoms with Gasteiger partial charge in [0.05, 0.1) is 22.4 Å². The van der Waals surface area contributed by atoms with E-state index in [2.05, 4.69) is 12.1 Å². The molecule has 1 fully saturated rings. The standard InChI is InChI=1S/C23H27ClN2O4S/c1-2-30-22-10-9-20(14-21(22)24)31(28,29)26-12-5-8-19(16-26)23(27)25-13-11-17-6-3-4-7-18(17)15-25/h3-4,6-7,9-10,14,19H,2,5,8,11-13,15-16H2,1H3/t19-/m0/s1. The molecule has 0 radical (unpaired) electrons. The van der Waals surface area contributed by atoms with Gasteiger partial charge in [-0.2, -0.15) is 4.31 Å². The second-order valence-electron chi connectivity index (χ2n) is 8.01. The molecular formula is C23H27ClN2O4S. The van der Waals surface area contributed by atoms with Crippen molar-refractivity contribution >= 4 is 27.5 Å². The smallest absolute Gasteiger partial charge is 0.243 e. The highest BCUT2D eigenvalue weighted by molar-refractivity contribution is 7.89. The van der Waals surface area contributed by atoms with Crippen LogP contribution in [-0.4, -0.2) is 49.8 Å². The Bertz CT molecular complexity index is 1070. The Morgan fingerprint density at radius 1 is 1.16 bits per heavy atom. The number of hydrogen-bond donors (Lipinski definition) is 0. The normalized spacial score (nSPS) is 19.7. The number of halogens is 1. The summed E-state index contributed by atoms with van der Waals surface area (Å²) in [6.07, 6.45) is 2.19. The molecule has 2 aromatic rings. The van der Waals surface area contributed by atoms with Crippen LogP contribution in [0.1, 0.15) is 30.9 Å². The van der Waals surface area contributed by atoms with Gasteiger partial charge >= 0.3 is 0 Å². The van der Waals surface area contributed by atoms with Crippen LogP contribution >= 0.6 is 11.6 Å². The molecule has 0 unspecified atom stereocenters. The molecule has 31 heavy (non-hydrogen) atoms. The molecule has 166 valence electrons. The van der Waals surface area contributed by atoms with Crippen LogP contribution in [0.3, 0.4) is 0 Å². The van der Waals surface area contributed by atoms with Crippen LogP contribution in [0.25, 0.3) is 0 Å². The van der Waals surface area contributed by atoms with Crippen molar-refractivity contribution in [3.63, 3.8) is 0 Å². The number of benzene rings is 2. The molecule has 2 heterocycles. The Morgan fingerprint density at radius 3 is 2.68 bits per heavy atom. The molecule has 1 amide bonds. The average Bonchev–Trinajstić information content (AvgIpc) is 2.79. The Hall–Kier alpha value is -2.09. The van der Waals surface area contributed by atoms with Crippen molar-refractivity contribution < 1.29 is 17.9 Å². The third-order valence-corrected chi connectivity index (χ3v) is 8.17. The number of ether oxygens (including phenoxy) is 1. The van der Waals surface area contributed by atoms with Gasteiger partial charge in [0.15, 0.2) is 0 Å². The third kappa shape index (κ3) is 4.59. The fourth-order valence-corrected chi connectivity index (χ4v) is 6.22. The number of carbonyl (C=O) groups excluding carboxylic acids is 1. The lowest BCUT2D eigenvalue weighted by atomic mass is 9.95. The summed E-state index contributed by atoms with van der Waals surface area (Å²) < 4.78 is 33.3. The summed E-state index contributed by atoms with van der Waals surface area (Å²) in [4.78, 5) is 15.2. The van der Waals surface area contributed by atoms with Crippen LogP contribution in [0.2, 0.25) is 5.02 Å². The molecule has 2 aromatic carbocycles. The molecule has 0 aliphatic carbocycles. The van der Waals surface area contributed by atoms with E-state index in [0.29, 0.717) is 44.8 Å². The summed E-state index contributed by atoms with van der Waals surface area (Å²) in [6, 6.07) is 12.7. The second kappa shape index (κ2) is 9.18. The van der Waals surface area contributed by atoms with Gasteiger partial charge in [-0.25, -0.2) is 8.42 Å². The summed E-state index contributed by atoms with van der Waals surface area (Å²) in [5.74, 6) is 0.172. The van der Waals surface area contributed by atoms with E-state index in [9.17, 15) is 13.2 Å². The van der Waals surface area contributed by atoms with Crippen molar-refractivity contribution in [2.45, 2.75) is 37.6 Å². The minimum Gasteiger partial charge on any atom is -0.492 e. The van der Waals surface area contributed by atoms with Gasteiger partial charge in [-0.3, -0.25) is 4.79 Å². The SMILES string of the molecule is CCOc1ccc(S(=O)(=O)N2CCC[C@H](C(=O)N3CCc4ccccc4C3)C2)cc1Cl. The first kappa shape index (κ1) is 22.1. The summed E-state index contributed by atoms with van der Waals surface area (Å²) in [5.41, 5.74) is 2.46. The zero-order chi connectivity index (χ0) is 22.0. The van der Waals surface area contributed by atoms with E-state index in [1.807, 2.05) is 24.0 Å². The first-order chi connectivity index (χ1) is 14.9. The predicted octanol–water partition coefficient (Wildman–Crippen LogP) is 3.72. The lowest BCUT2D eigenvalue weighted by molar-refractivity contribution is -0.137. The molecule has 0 spiro atoms. The van der Waals surface area contributed by atoms with Crippen LogP contribution in [-0.2, 0) is 27.8 Å². The summed E-state index contributed by atoms with van der Waals surface area (Å²) in [7, 11) is -3.74. The van der Waals surface area contributed by atoms with E-state index in [1.165, 1.54) is 27.6 Å². The highest BCUT2D eigenvalue weighted by Crippen LogP contribution is 2.31. The number of fused-ring (bicyclic) bond motifs is 1. The van der Waals surface area contributed by atoms with Gasteiger partial charge in [0.2, 0.25) is 15.9 Å². The van der Waals surface area contributed by atoms with E-state index in [-0.39, 0.29) is 28.3 Å². The molecule has 0 saturated carbocycles. The van der Waals surface area contributed by atoms with E-state index in [1.54, 1.807) is 6.07 Å². The van der Waals surface area contributed by atoms with Gasteiger partial charge in [0, 0.05) is 26.2 Å². The minimum atomic E-state index is -3.74. The van der Waals surface area contributed by atoms with Gasteiger partial charge in [-0.15, -0.1) is 0 Å². The molecule has 2 aliphatic heterocycles. The molecule has 4 rings (SSSR count). The lowest BCUT2D eigenvalue weighted by Crippen LogP contribution is -2.47. The Labute approximate surface area is 188 Å². The number of sulfonamides is 1. The van der Waals surface area contributed by atoms with E-state index < -0.39 is 10.0 Å². The highest BCUT2D eigenvalue weighted by atomic mass is 35.5. The van der Waals surface area contributed by atoms with Crippen molar-refractivity contribution in [3.8, 4) is 5.75 Å². The Morgan fingerprint density at radius 2 is 1.94 bits per heavy atom. The van der Waals surface area contributed by atoms with Crippen molar-refractivity contribution in [2.75, 3.05) is 26.2 Å². The van der Waals surface area contributed by atoms with Gasteiger partial charge in [-0.05, 0) is 55.5 Å². The van der Waals surface area contributed by atoms with Gasteiger partial charge in [0.1, 0.15) is 5.75 Å². The second-order valence-corrected chi connectivity index (χ2v) is 10.4. The summed E-state index contributed by atoms with van der Waals surface area (Å²) in [6.45, 7) is 4.15. The number of nitrogens with zero attached hydrogens (tertiary/aromatic N) is 2. The van der Waals surface area contributed by atoms with E-state index >= 15 is 0 Å². The topological polar surface area (TPSA) is 66.9 Å². The molecule has 8 heteroatoms. The number of carbonyl (C=O) groups is 1. The fourth-order valence-electron chi connectivity index (χ4n) is 4.37. The zero-order valence-electron chi connectivity index (χ0n) is 17.6. The molecule has 6 nitrogen and oxygen atoms in total. The minimum absolute atomic E-state index is 0.0409. The first-order valence-corrected chi connectivity index (χ1v) is 12.5. The fraction of sp³-hybridized carbons (Fsp3) is 0.435. The Kier molecular flexibility index (Phi) is 6.55. The first-order valence-electron chi connectivity index (χ1n) is 10.7. The van der Waals surface area contributed by atoms with Crippen LogP contribution in [0.15, 0.2) is 47.4 Å². The van der Waals surface area contributed by atoms with Crippen molar-refractivity contribution in [2.24, 2.45) is 5.92 Å². The number of amides is 1. The molecule has 0 N–H and O–H groups in total. The zero-order valence-corrected chi connectivity index (χ0v) is 19.2. The van der Waals surface area contributed by atoms with Crippen molar-refractivity contribution in [3.05, 3.63) is 58.6 Å². The molecule has 0 aromatic heterocycles. The highest BCUT2D eigenvalue weighted by Gasteiger charge is 2.36. The lowest BCUT2D eigenvalue weighted by Gasteiger charge is -2.36. The van der Waals surface area contributed by atoms with Crippen molar-refractivity contribution in [1.29, 1.82) is 0 Å². The van der Waals surface area contributed by atoms with E-state index in [4.69, 9.17) is 16.3 Å². The Balaban J connectivity index is 1.48. The van der Waals surface area contributed by atoms with Crippen molar-refractivity contribution in [1.82, 2.24) is 9.21 Å². The van der Waals surface area contributed by atoms with Gasteiger partial charge < -0.3 is 9.64 Å². The largest absolute Gasteiger partial charge is 0.492 e. The third-order valence-electron chi connectivity index (χ3n) is 6.02. The maximum atomic E-state index is 13.2. The monoisotopic (exact) mass is 462 g/mol. The number of piperidine rings is 1. The molecule has 1 saturated heterocycles. The summed E-state index contributed by atoms with van der Waals surface area (Å²) in [5, 5.41) is 0.263. The maximum Gasteiger partial charge on any atom is 0.243 e. The van der Waals surface area contributed by atoms with Crippen LogP contribution in [0.4, 0.5) is 0 Å². The molecular weight excluding hydrogens is 436 g/mol. The van der Waals surface area contributed by atoms with Gasteiger partial charge in [-0.1, -0.05) is 35.9 Å². The van der Waals surface area contributed by atoms with E-state index in [0.717, 1.165) is 6.42 Å². The molecule has 0 bridgehead atoms. The maximum absolute atomic E-state index is 13.2. The predicted molar refractivity (Wildman–Crippen MR) is 120 cm³/mol. The van der Waals surface area contributed by atoms with Crippen LogP contribution < -0.4 is 4.74 Å². The quantitative estimate of drug-likeness (QED) is 0.679. The van der Waals surface area contributed by atoms with Crippen LogP contribution in [0.5, 0.6) is 5.75 Å². The number of hydrogen-bond acceptors (Lipinski definition) is 4.